The Hall–Kier alpha value is -0.810. The first-order chi connectivity index (χ1) is 10.6. The first kappa shape index (κ1) is 20.2. The molecule has 0 aromatic heterocycles. The monoisotopic (exact) mass is 345 g/mol. The summed E-state index contributed by atoms with van der Waals surface area (Å²) in [4.78, 5) is 26.3. The molecule has 1 heterocycles. The second kappa shape index (κ2) is 10.1. The predicted molar refractivity (Wildman–Crippen MR) is 94.7 cm³/mol. The number of amides is 2. The van der Waals surface area contributed by atoms with Crippen LogP contribution in [0.3, 0.4) is 0 Å². The number of rotatable bonds is 6. The topological polar surface area (TPSA) is 61.4 Å². The summed E-state index contributed by atoms with van der Waals surface area (Å²) < 4.78 is 0. The first-order valence-electron chi connectivity index (χ1n) is 8.82. The van der Waals surface area contributed by atoms with E-state index in [4.69, 9.17) is 0 Å². The van der Waals surface area contributed by atoms with Crippen LogP contribution in [0.5, 0.6) is 0 Å². The van der Waals surface area contributed by atoms with Crippen molar-refractivity contribution in [3.63, 3.8) is 0 Å². The molecule has 0 spiro atoms. The van der Waals surface area contributed by atoms with Crippen molar-refractivity contribution in [2.75, 3.05) is 26.7 Å². The van der Waals surface area contributed by atoms with Crippen LogP contribution in [-0.2, 0) is 9.59 Å². The van der Waals surface area contributed by atoms with Crippen LogP contribution in [0.15, 0.2) is 0 Å². The zero-order valence-electron chi connectivity index (χ0n) is 14.5. The van der Waals surface area contributed by atoms with Crippen molar-refractivity contribution in [2.24, 2.45) is 11.8 Å². The predicted octanol–water partition coefficient (Wildman–Crippen LogP) is 1.95. The summed E-state index contributed by atoms with van der Waals surface area (Å²) in [5, 5.41) is 6.12. The van der Waals surface area contributed by atoms with Gasteiger partial charge in [-0.15, -0.1) is 12.4 Å². The number of carbonyl (C=O) groups excluding carboxylic acids is 2. The number of nitrogens with one attached hydrogen (secondary N) is 2. The van der Waals surface area contributed by atoms with Gasteiger partial charge in [-0.1, -0.05) is 12.8 Å². The molecular formula is C17H32ClN3O2. The van der Waals surface area contributed by atoms with Crippen molar-refractivity contribution in [3.8, 4) is 0 Å². The fourth-order valence-corrected chi connectivity index (χ4v) is 3.88. The van der Waals surface area contributed by atoms with Crippen molar-refractivity contribution < 1.29 is 9.59 Å². The van der Waals surface area contributed by atoms with Crippen LogP contribution in [0.4, 0.5) is 0 Å². The van der Waals surface area contributed by atoms with Gasteiger partial charge in [0.1, 0.15) is 6.04 Å². The van der Waals surface area contributed by atoms with Gasteiger partial charge >= 0.3 is 0 Å². The van der Waals surface area contributed by atoms with Crippen LogP contribution in [-0.4, -0.2) is 49.4 Å². The molecule has 6 heteroatoms. The third-order valence-corrected chi connectivity index (χ3v) is 5.22. The minimum absolute atomic E-state index is 0. The molecule has 2 N–H and O–H groups in total. The van der Waals surface area contributed by atoms with Crippen molar-refractivity contribution >= 4 is 24.2 Å². The van der Waals surface area contributed by atoms with Crippen molar-refractivity contribution in [1.82, 2.24) is 15.5 Å². The van der Waals surface area contributed by atoms with E-state index in [9.17, 15) is 9.59 Å². The molecular weight excluding hydrogens is 314 g/mol. The SMILES string of the molecule is CNCCC1CCN(C(=O)C(NC(C)=O)C2CCCC2)CC1.Cl. The van der Waals surface area contributed by atoms with Crippen molar-refractivity contribution in [2.45, 2.75) is 57.9 Å². The standard InChI is InChI=1S/C17H31N3O2.ClH/c1-13(21)19-16(15-5-3-4-6-15)17(22)20-11-8-14(9-12-20)7-10-18-2;/h14-16,18H,3-12H2,1-2H3,(H,19,21);1H. The van der Waals surface area contributed by atoms with E-state index in [0.29, 0.717) is 5.92 Å². The van der Waals surface area contributed by atoms with E-state index in [2.05, 4.69) is 10.6 Å². The van der Waals surface area contributed by atoms with Crippen LogP contribution in [0.2, 0.25) is 0 Å². The molecule has 1 atom stereocenters. The number of halogens is 1. The van der Waals surface area contributed by atoms with Gasteiger partial charge < -0.3 is 15.5 Å². The summed E-state index contributed by atoms with van der Waals surface area (Å²) in [5.41, 5.74) is 0. The minimum Gasteiger partial charge on any atom is -0.344 e. The maximum Gasteiger partial charge on any atom is 0.245 e. The molecule has 2 amide bonds. The Labute approximate surface area is 146 Å². The Kier molecular flexibility index (Phi) is 8.92. The van der Waals surface area contributed by atoms with Crippen LogP contribution in [0.1, 0.15) is 51.9 Å². The molecule has 23 heavy (non-hydrogen) atoms. The fourth-order valence-electron chi connectivity index (χ4n) is 3.88. The second-order valence-corrected chi connectivity index (χ2v) is 6.88. The highest BCUT2D eigenvalue weighted by atomic mass is 35.5. The molecule has 1 aliphatic carbocycles. The Morgan fingerprint density at radius 1 is 1.13 bits per heavy atom. The van der Waals surface area contributed by atoms with E-state index in [1.165, 1.54) is 26.2 Å². The Morgan fingerprint density at radius 2 is 1.74 bits per heavy atom. The lowest BCUT2D eigenvalue weighted by Gasteiger charge is -2.36. The van der Waals surface area contributed by atoms with Gasteiger partial charge in [-0.25, -0.2) is 0 Å². The Morgan fingerprint density at radius 3 is 2.26 bits per heavy atom. The minimum atomic E-state index is -0.297. The summed E-state index contributed by atoms with van der Waals surface area (Å²) in [5.74, 6) is 1.11. The van der Waals surface area contributed by atoms with E-state index in [-0.39, 0.29) is 30.3 Å². The maximum absolute atomic E-state index is 12.8. The number of nitrogens with zero attached hydrogens (tertiary/aromatic N) is 1. The highest BCUT2D eigenvalue weighted by Crippen LogP contribution is 2.29. The van der Waals surface area contributed by atoms with Gasteiger partial charge in [-0.3, -0.25) is 9.59 Å². The molecule has 134 valence electrons. The van der Waals surface area contributed by atoms with Crippen LogP contribution >= 0.6 is 12.4 Å². The number of likely N-dealkylation sites (tertiary alicyclic amines) is 1. The van der Waals surface area contributed by atoms with Gasteiger partial charge in [0.15, 0.2) is 0 Å². The molecule has 2 fully saturated rings. The fraction of sp³-hybridized carbons (Fsp3) is 0.882. The average molecular weight is 346 g/mol. The molecule has 1 unspecified atom stereocenters. The van der Waals surface area contributed by atoms with E-state index < -0.39 is 0 Å². The number of hydrogen-bond acceptors (Lipinski definition) is 3. The zero-order valence-corrected chi connectivity index (χ0v) is 15.3. The third kappa shape index (κ3) is 5.96. The molecule has 2 rings (SSSR count). The highest BCUT2D eigenvalue weighted by molar-refractivity contribution is 5.87. The molecule has 0 aromatic rings. The lowest BCUT2D eigenvalue weighted by atomic mass is 9.91. The number of hydrogen-bond donors (Lipinski definition) is 2. The van der Waals surface area contributed by atoms with E-state index in [1.54, 1.807) is 0 Å². The van der Waals surface area contributed by atoms with Crippen LogP contribution in [0, 0.1) is 11.8 Å². The maximum atomic E-state index is 12.8. The van der Waals surface area contributed by atoms with Gasteiger partial charge in [-0.2, -0.15) is 0 Å². The molecule has 2 aliphatic rings. The molecule has 1 saturated carbocycles. The first-order valence-corrected chi connectivity index (χ1v) is 8.82. The Balaban J connectivity index is 0.00000264. The third-order valence-electron chi connectivity index (χ3n) is 5.22. The lowest BCUT2D eigenvalue weighted by molar-refractivity contribution is -0.138. The molecule has 1 aliphatic heterocycles. The number of piperidine rings is 1. The summed E-state index contributed by atoms with van der Waals surface area (Å²) in [7, 11) is 1.98. The van der Waals surface area contributed by atoms with Gasteiger partial charge in [-0.05, 0) is 57.5 Å². The van der Waals surface area contributed by atoms with Crippen LogP contribution in [0.25, 0.3) is 0 Å². The van der Waals surface area contributed by atoms with Crippen molar-refractivity contribution in [1.29, 1.82) is 0 Å². The van der Waals surface area contributed by atoms with Gasteiger partial charge in [0, 0.05) is 20.0 Å². The van der Waals surface area contributed by atoms with E-state index >= 15 is 0 Å². The zero-order chi connectivity index (χ0) is 15.9. The summed E-state index contributed by atoms with van der Waals surface area (Å²) >= 11 is 0. The van der Waals surface area contributed by atoms with Gasteiger partial charge in [0.2, 0.25) is 11.8 Å². The summed E-state index contributed by atoms with van der Waals surface area (Å²) in [6.07, 6.45) is 7.86. The smallest absolute Gasteiger partial charge is 0.245 e. The molecule has 0 aromatic carbocycles. The quantitative estimate of drug-likeness (QED) is 0.773. The second-order valence-electron chi connectivity index (χ2n) is 6.88. The Bertz CT molecular complexity index is 378. The van der Waals surface area contributed by atoms with Gasteiger partial charge in [0.25, 0.3) is 0 Å². The van der Waals surface area contributed by atoms with Crippen molar-refractivity contribution in [3.05, 3.63) is 0 Å². The molecule has 1 saturated heterocycles. The normalized spacial score (nSPS) is 20.9. The van der Waals surface area contributed by atoms with Gasteiger partial charge in [0.05, 0.1) is 0 Å². The number of carbonyl (C=O) groups is 2. The average Bonchev–Trinajstić information content (AvgIpc) is 3.04. The summed E-state index contributed by atoms with van der Waals surface area (Å²) in [6, 6.07) is -0.297. The molecule has 5 nitrogen and oxygen atoms in total. The molecule has 0 bridgehead atoms. The largest absolute Gasteiger partial charge is 0.344 e. The lowest BCUT2D eigenvalue weighted by Crippen LogP contribution is -2.53. The molecule has 0 radical (unpaired) electrons. The summed E-state index contributed by atoms with van der Waals surface area (Å²) in [6.45, 7) is 4.25. The van der Waals surface area contributed by atoms with Crippen LogP contribution < -0.4 is 10.6 Å². The highest BCUT2D eigenvalue weighted by Gasteiger charge is 2.35. The van der Waals surface area contributed by atoms with E-state index in [1.807, 2.05) is 11.9 Å². The van der Waals surface area contributed by atoms with E-state index in [0.717, 1.165) is 51.2 Å².